The molecule has 3 heterocycles. The van der Waals surface area contributed by atoms with Crippen molar-refractivity contribution >= 4 is 28.7 Å². The van der Waals surface area contributed by atoms with Gasteiger partial charge in [-0.3, -0.25) is 10.1 Å². The number of aliphatic carboxylic acids is 1. The molecule has 2 N–H and O–H groups in total. The number of anilines is 1. The van der Waals surface area contributed by atoms with Gasteiger partial charge < -0.3 is 10.0 Å². The van der Waals surface area contributed by atoms with Crippen LogP contribution in [0.3, 0.4) is 0 Å². The summed E-state index contributed by atoms with van der Waals surface area (Å²) in [6.07, 6.45) is 2.17. The van der Waals surface area contributed by atoms with Gasteiger partial charge in [0, 0.05) is 23.6 Å². The Bertz CT molecular complexity index is 479. The summed E-state index contributed by atoms with van der Waals surface area (Å²) in [5.41, 5.74) is 0. The lowest BCUT2D eigenvalue weighted by molar-refractivity contribution is -0.142. The third-order valence-corrected chi connectivity index (χ3v) is 4.11. The van der Waals surface area contributed by atoms with Crippen LogP contribution in [-0.4, -0.2) is 48.9 Å². The second-order valence-electron chi connectivity index (χ2n) is 4.48. The van der Waals surface area contributed by atoms with Crippen LogP contribution in [0.4, 0.5) is 9.93 Å². The molecule has 2 bridgehead atoms. The molecule has 3 atom stereocenters. The molecule has 9 heteroatoms. The summed E-state index contributed by atoms with van der Waals surface area (Å²) in [7, 11) is 0. The molecular weight excluding hydrogens is 258 g/mol. The average molecular weight is 269 g/mol. The highest BCUT2D eigenvalue weighted by Crippen LogP contribution is 2.42. The first kappa shape index (κ1) is 11.3. The predicted molar refractivity (Wildman–Crippen MR) is 61.1 cm³/mol. The quantitative estimate of drug-likeness (QED) is 0.804. The molecule has 2 saturated heterocycles. The molecule has 2 amide bonds. The van der Waals surface area contributed by atoms with Crippen LogP contribution >= 0.6 is 11.5 Å². The molecule has 0 aliphatic carbocycles. The summed E-state index contributed by atoms with van der Waals surface area (Å²) >= 11 is 0.993. The number of fused-ring (bicyclic) bond motifs is 2. The van der Waals surface area contributed by atoms with Gasteiger partial charge in [0.2, 0.25) is 5.13 Å². The number of amides is 2. The second-order valence-corrected chi connectivity index (χ2v) is 5.22. The van der Waals surface area contributed by atoms with Gasteiger partial charge in [-0.1, -0.05) is 9.59 Å². The fourth-order valence-electron chi connectivity index (χ4n) is 2.91. The number of carbonyl (C=O) groups excluding carboxylic acids is 1. The largest absolute Gasteiger partial charge is 0.481 e. The van der Waals surface area contributed by atoms with Crippen LogP contribution in [0.1, 0.15) is 19.3 Å². The summed E-state index contributed by atoms with van der Waals surface area (Å²) in [4.78, 5) is 24.8. The third kappa shape index (κ3) is 1.70. The molecule has 2 fully saturated rings. The van der Waals surface area contributed by atoms with E-state index >= 15 is 0 Å². The summed E-state index contributed by atoms with van der Waals surface area (Å²) in [5, 5.41) is 19.1. The van der Waals surface area contributed by atoms with Crippen molar-refractivity contribution in [2.75, 3.05) is 5.32 Å². The highest BCUT2D eigenvalue weighted by Gasteiger charge is 2.51. The van der Waals surface area contributed by atoms with E-state index < -0.39 is 11.9 Å². The van der Waals surface area contributed by atoms with Gasteiger partial charge in [-0.25, -0.2) is 4.79 Å². The lowest BCUT2D eigenvalue weighted by atomic mass is 9.89. The molecule has 1 aromatic rings. The van der Waals surface area contributed by atoms with Crippen molar-refractivity contribution in [2.45, 2.75) is 31.3 Å². The Morgan fingerprint density at radius 3 is 2.89 bits per heavy atom. The molecule has 96 valence electrons. The lowest BCUT2D eigenvalue weighted by Crippen LogP contribution is -2.40. The van der Waals surface area contributed by atoms with Crippen LogP contribution < -0.4 is 5.32 Å². The molecule has 0 aromatic carbocycles. The summed E-state index contributed by atoms with van der Waals surface area (Å²) in [5.74, 6) is -1.26. The van der Waals surface area contributed by atoms with Gasteiger partial charge in [0.1, 0.15) is 0 Å². The number of carboxylic acid groups (broad SMARTS) is 1. The highest BCUT2D eigenvalue weighted by atomic mass is 32.1. The van der Waals surface area contributed by atoms with Gasteiger partial charge in [0.15, 0.2) is 0 Å². The fourth-order valence-corrected chi connectivity index (χ4v) is 3.26. The number of hydrogen-bond acceptors (Lipinski definition) is 6. The van der Waals surface area contributed by atoms with E-state index in [1.807, 2.05) is 0 Å². The Hall–Kier alpha value is -1.77. The maximum atomic E-state index is 12.1. The van der Waals surface area contributed by atoms with E-state index in [-0.39, 0.29) is 18.1 Å². The van der Waals surface area contributed by atoms with Crippen LogP contribution in [0.25, 0.3) is 0 Å². The highest BCUT2D eigenvalue weighted by molar-refractivity contribution is 7.09. The van der Waals surface area contributed by atoms with E-state index in [9.17, 15) is 9.59 Å². The van der Waals surface area contributed by atoms with Crippen LogP contribution in [-0.2, 0) is 4.79 Å². The zero-order valence-corrected chi connectivity index (χ0v) is 10.1. The summed E-state index contributed by atoms with van der Waals surface area (Å²) < 4.78 is 3.55. The average Bonchev–Trinajstić information content (AvgIpc) is 3.02. The van der Waals surface area contributed by atoms with E-state index in [4.69, 9.17) is 5.11 Å². The number of aromatic nitrogens is 3. The lowest BCUT2D eigenvalue weighted by Gasteiger charge is -2.22. The number of carbonyl (C=O) groups is 2. The molecule has 3 rings (SSSR count). The maximum Gasteiger partial charge on any atom is 0.324 e. The molecule has 18 heavy (non-hydrogen) atoms. The summed E-state index contributed by atoms with van der Waals surface area (Å²) in [6, 6.07) is -0.477. The summed E-state index contributed by atoms with van der Waals surface area (Å²) in [6.45, 7) is 0. The van der Waals surface area contributed by atoms with Gasteiger partial charge >= 0.3 is 12.0 Å². The Morgan fingerprint density at radius 2 is 2.28 bits per heavy atom. The number of hydrogen-bond donors (Lipinski definition) is 2. The predicted octanol–water partition coefficient (Wildman–Crippen LogP) is 0.402. The SMILES string of the molecule is O=C(O)C1CC2CCC1N2C(=O)Nc1nnns1. The van der Waals surface area contributed by atoms with Crippen molar-refractivity contribution in [1.82, 2.24) is 19.7 Å². The van der Waals surface area contributed by atoms with Crippen LogP contribution in [0.2, 0.25) is 0 Å². The smallest absolute Gasteiger partial charge is 0.324 e. The Kier molecular flexibility index (Phi) is 2.62. The van der Waals surface area contributed by atoms with Crippen molar-refractivity contribution in [2.24, 2.45) is 5.92 Å². The van der Waals surface area contributed by atoms with E-state index in [0.29, 0.717) is 11.6 Å². The fraction of sp³-hybridized carbons (Fsp3) is 0.667. The van der Waals surface area contributed by atoms with Crippen LogP contribution in [0.15, 0.2) is 0 Å². The Morgan fingerprint density at radius 1 is 1.44 bits per heavy atom. The first-order valence-electron chi connectivity index (χ1n) is 5.64. The first-order chi connectivity index (χ1) is 8.66. The molecule has 0 saturated carbocycles. The molecule has 3 unspecified atom stereocenters. The van der Waals surface area contributed by atoms with Crippen LogP contribution in [0, 0.1) is 5.92 Å². The minimum Gasteiger partial charge on any atom is -0.481 e. The minimum atomic E-state index is -0.822. The number of carboxylic acids is 1. The van der Waals surface area contributed by atoms with Crippen molar-refractivity contribution in [3.05, 3.63) is 0 Å². The molecule has 1 aromatic heterocycles. The normalized spacial score (nSPS) is 29.6. The van der Waals surface area contributed by atoms with Gasteiger partial charge in [-0.15, -0.1) is 0 Å². The van der Waals surface area contributed by atoms with E-state index in [0.717, 1.165) is 24.4 Å². The Balaban J connectivity index is 1.73. The van der Waals surface area contributed by atoms with Crippen LogP contribution in [0.5, 0.6) is 0 Å². The Labute approximate surface area is 106 Å². The van der Waals surface area contributed by atoms with Crippen molar-refractivity contribution in [3.63, 3.8) is 0 Å². The van der Waals surface area contributed by atoms with Crippen molar-refractivity contribution in [3.8, 4) is 0 Å². The maximum absolute atomic E-state index is 12.1. The number of nitrogens with one attached hydrogen (secondary N) is 1. The standard InChI is InChI=1S/C9H11N5O3S/c15-7(16)5-3-4-1-2-6(5)14(4)9(17)10-8-11-12-13-18-8/h4-6H,1-3H2,(H,15,16)(H,10,11,13,17). The van der Waals surface area contributed by atoms with Gasteiger partial charge in [0.05, 0.1) is 5.92 Å². The number of nitrogens with zero attached hydrogens (tertiary/aromatic N) is 4. The van der Waals surface area contributed by atoms with E-state index in [1.54, 1.807) is 4.90 Å². The van der Waals surface area contributed by atoms with E-state index in [2.05, 4.69) is 20.1 Å². The molecular formula is C9H11N5O3S. The first-order valence-corrected chi connectivity index (χ1v) is 6.41. The van der Waals surface area contributed by atoms with Gasteiger partial charge in [-0.2, -0.15) is 0 Å². The van der Waals surface area contributed by atoms with E-state index in [1.165, 1.54) is 0 Å². The van der Waals surface area contributed by atoms with Gasteiger partial charge in [0.25, 0.3) is 0 Å². The van der Waals surface area contributed by atoms with Gasteiger partial charge in [-0.05, 0) is 24.5 Å². The zero-order chi connectivity index (χ0) is 12.7. The number of urea groups is 1. The molecule has 2 aliphatic heterocycles. The minimum absolute atomic E-state index is 0.0250. The third-order valence-electron chi connectivity index (χ3n) is 3.60. The molecule has 8 nitrogen and oxygen atoms in total. The molecule has 0 spiro atoms. The molecule has 2 aliphatic rings. The number of rotatable bonds is 2. The zero-order valence-electron chi connectivity index (χ0n) is 9.31. The van der Waals surface area contributed by atoms with Crippen molar-refractivity contribution < 1.29 is 14.7 Å². The second kappa shape index (κ2) is 4.16. The monoisotopic (exact) mass is 269 g/mol. The topological polar surface area (TPSA) is 108 Å². The molecule has 0 radical (unpaired) electrons. The van der Waals surface area contributed by atoms with Crippen molar-refractivity contribution in [1.29, 1.82) is 0 Å².